The number of fused-ring (bicyclic) bond motifs is 1. The van der Waals surface area contributed by atoms with Crippen LogP contribution in [0.25, 0.3) is 0 Å². The van der Waals surface area contributed by atoms with Gasteiger partial charge in [0.1, 0.15) is 0 Å². The number of allylic oxidation sites excluding steroid dienone is 1. The average Bonchev–Trinajstić information content (AvgIpc) is 2.32. The molecule has 0 bridgehead atoms. The van der Waals surface area contributed by atoms with Gasteiger partial charge in [0.15, 0.2) is 11.6 Å². The summed E-state index contributed by atoms with van der Waals surface area (Å²) < 4.78 is 4.91. The number of rotatable bonds is 3. The Morgan fingerprint density at radius 2 is 1.81 bits per heavy atom. The first-order valence-corrected chi connectivity index (χ1v) is 5.11. The molecule has 0 aromatic heterocycles. The molecule has 3 nitrogen and oxygen atoms in total. The molecule has 2 rings (SSSR count). The lowest BCUT2D eigenvalue weighted by atomic mass is 9.88. The molecule has 0 saturated heterocycles. The first kappa shape index (κ1) is 10.8. The molecular weight excluding hydrogens is 204 g/mol. The predicted molar refractivity (Wildman–Crippen MR) is 59.7 cm³/mol. The summed E-state index contributed by atoms with van der Waals surface area (Å²) >= 11 is 0. The van der Waals surface area contributed by atoms with Crippen LogP contribution < -0.4 is 0 Å². The summed E-state index contributed by atoms with van der Waals surface area (Å²) in [4.78, 5) is 23.7. The van der Waals surface area contributed by atoms with E-state index in [1.165, 1.54) is 6.08 Å². The van der Waals surface area contributed by atoms with Crippen molar-refractivity contribution in [1.29, 1.82) is 0 Å². The SMILES string of the molecule is COCCC1=CC(=O)c2ccccc2C1=O. The molecule has 0 N–H and O–H groups in total. The Kier molecular flexibility index (Phi) is 2.97. The topological polar surface area (TPSA) is 43.4 Å². The second-order valence-corrected chi connectivity index (χ2v) is 3.65. The molecule has 16 heavy (non-hydrogen) atoms. The number of hydrogen-bond acceptors (Lipinski definition) is 3. The second kappa shape index (κ2) is 4.41. The molecule has 0 heterocycles. The van der Waals surface area contributed by atoms with Crippen molar-refractivity contribution in [2.75, 3.05) is 13.7 Å². The lowest BCUT2D eigenvalue weighted by Gasteiger charge is -2.14. The Morgan fingerprint density at radius 1 is 1.12 bits per heavy atom. The van der Waals surface area contributed by atoms with E-state index in [0.717, 1.165) is 0 Å². The van der Waals surface area contributed by atoms with Gasteiger partial charge >= 0.3 is 0 Å². The van der Waals surface area contributed by atoms with Crippen LogP contribution in [0.3, 0.4) is 0 Å². The molecular formula is C13H12O3. The molecule has 0 radical (unpaired) electrons. The van der Waals surface area contributed by atoms with Crippen LogP contribution in [0.4, 0.5) is 0 Å². The summed E-state index contributed by atoms with van der Waals surface area (Å²) in [5.41, 5.74) is 1.53. The Morgan fingerprint density at radius 3 is 2.50 bits per heavy atom. The number of carbonyl (C=O) groups is 2. The van der Waals surface area contributed by atoms with E-state index in [1.54, 1.807) is 31.4 Å². The highest BCUT2D eigenvalue weighted by Crippen LogP contribution is 2.22. The largest absolute Gasteiger partial charge is 0.384 e. The quantitative estimate of drug-likeness (QED) is 0.776. The van der Waals surface area contributed by atoms with E-state index in [-0.39, 0.29) is 11.6 Å². The third-order valence-corrected chi connectivity index (χ3v) is 2.61. The lowest BCUT2D eigenvalue weighted by Crippen LogP contribution is -2.17. The van der Waals surface area contributed by atoms with Gasteiger partial charge in [0, 0.05) is 23.8 Å². The Labute approximate surface area is 93.7 Å². The number of hydrogen-bond donors (Lipinski definition) is 0. The van der Waals surface area contributed by atoms with Crippen molar-refractivity contribution < 1.29 is 14.3 Å². The molecule has 1 aliphatic rings. The summed E-state index contributed by atoms with van der Waals surface area (Å²) in [6.45, 7) is 0.451. The molecule has 0 saturated carbocycles. The standard InChI is InChI=1S/C13H12O3/c1-16-7-6-9-8-12(14)10-4-2-3-5-11(10)13(9)15/h2-5,8H,6-7H2,1H3. The van der Waals surface area contributed by atoms with Crippen molar-refractivity contribution >= 4 is 11.6 Å². The minimum absolute atomic E-state index is 0.0627. The summed E-state index contributed by atoms with van der Waals surface area (Å²) in [5, 5.41) is 0. The summed E-state index contributed by atoms with van der Waals surface area (Å²) in [5.74, 6) is -0.159. The minimum Gasteiger partial charge on any atom is -0.384 e. The summed E-state index contributed by atoms with van der Waals surface area (Å²) in [6, 6.07) is 6.90. The van der Waals surface area contributed by atoms with Gasteiger partial charge in [-0.1, -0.05) is 24.3 Å². The number of ether oxygens (including phenoxy) is 1. The first-order chi connectivity index (χ1) is 7.74. The van der Waals surface area contributed by atoms with E-state index < -0.39 is 0 Å². The van der Waals surface area contributed by atoms with Crippen molar-refractivity contribution in [2.24, 2.45) is 0 Å². The molecule has 0 spiro atoms. The Balaban J connectivity index is 2.36. The number of Topliss-reactive ketones (excluding diaryl/α,β-unsaturated/α-hetero) is 1. The van der Waals surface area contributed by atoms with E-state index in [9.17, 15) is 9.59 Å². The molecule has 1 aromatic carbocycles. The van der Waals surface area contributed by atoms with Crippen LogP contribution in [-0.4, -0.2) is 25.3 Å². The minimum atomic E-state index is -0.0960. The second-order valence-electron chi connectivity index (χ2n) is 3.65. The summed E-state index contributed by atoms with van der Waals surface area (Å²) in [7, 11) is 1.57. The van der Waals surface area contributed by atoms with Crippen LogP contribution in [0, 0.1) is 0 Å². The zero-order valence-electron chi connectivity index (χ0n) is 9.03. The van der Waals surface area contributed by atoms with Gasteiger partial charge in [-0.15, -0.1) is 0 Å². The fraction of sp³-hybridized carbons (Fsp3) is 0.231. The maximum Gasteiger partial charge on any atom is 0.189 e. The molecule has 0 unspecified atom stereocenters. The number of benzene rings is 1. The van der Waals surface area contributed by atoms with Crippen LogP contribution >= 0.6 is 0 Å². The molecule has 1 aliphatic carbocycles. The average molecular weight is 216 g/mol. The van der Waals surface area contributed by atoms with Crippen LogP contribution in [0.15, 0.2) is 35.9 Å². The van der Waals surface area contributed by atoms with Crippen molar-refractivity contribution in [3.8, 4) is 0 Å². The van der Waals surface area contributed by atoms with Crippen LogP contribution in [0.5, 0.6) is 0 Å². The van der Waals surface area contributed by atoms with Gasteiger partial charge in [-0.05, 0) is 12.5 Å². The van der Waals surface area contributed by atoms with Gasteiger partial charge in [0.2, 0.25) is 0 Å². The number of ketones is 2. The fourth-order valence-electron chi connectivity index (χ4n) is 1.77. The molecule has 1 aromatic rings. The smallest absolute Gasteiger partial charge is 0.189 e. The van der Waals surface area contributed by atoms with E-state index >= 15 is 0 Å². The van der Waals surface area contributed by atoms with E-state index in [4.69, 9.17) is 4.74 Å². The van der Waals surface area contributed by atoms with Gasteiger partial charge in [-0.3, -0.25) is 9.59 Å². The lowest BCUT2D eigenvalue weighted by molar-refractivity contribution is 0.0975. The maximum atomic E-state index is 12.0. The normalized spacial score (nSPS) is 14.7. The van der Waals surface area contributed by atoms with E-state index in [2.05, 4.69) is 0 Å². The number of carbonyl (C=O) groups excluding carboxylic acids is 2. The highest BCUT2D eigenvalue weighted by molar-refractivity contribution is 6.24. The van der Waals surface area contributed by atoms with Crippen molar-refractivity contribution in [3.05, 3.63) is 47.0 Å². The summed E-state index contributed by atoms with van der Waals surface area (Å²) in [6.07, 6.45) is 1.90. The predicted octanol–water partition coefficient (Wildman–Crippen LogP) is 2.03. The highest BCUT2D eigenvalue weighted by atomic mass is 16.5. The van der Waals surface area contributed by atoms with Gasteiger partial charge in [0.05, 0.1) is 6.61 Å². The van der Waals surface area contributed by atoms with Gasteiger partial charge in [-0.2, -0.15) is 0 Å². The fourth-order valence-corrected chi connectivity index (χ4v) is 1.77. The monoisotopic (exact) mass is 216 g/mol. The van der Waals surface area contributed by atoms with Crippen molar-refractivity contribution in [3.63, 3.8) is 0 Å². The van der Waals surface area contributed by atoms with Crippen molar-refractivity contribution in [1.82, 2.24) is 0 Å². The molecule has 3 heteroatoms. The van der Waals surface area contributed by atoms with Crippen LogP contribution in [0.1, 0.15) is 27.1 Å². The molecule has 0 amide bonds. The maximum absolute atomic E-state index is 12.0. The van der Waals surface area contributed by atoms with E-state index in [1.807, 2.05) is 0 Å². The van der Waals surface area contributed by atoms with E-state index in [0.29, 0.717) is 29.7 Å². The third-order valence-electron chi connectivity index (χ3n) is 2.61. The zero-order chi connectivity index (χ0) is 11.5. The van der Waals surface area contributed by atoms with Gasteiger partial charge in [0.25, 0.3) is 0 Å². The Bertz CT molecular complexity index is 472. The molecule has 0 aliphatic heterocycles. The van der Waals surface area contributed by atoms with Crippen LogP contribution in [0.2, 0.25) is 0 Å². The third kappa shape index (κ3) is 1.82. The molecule has 0 fully saturated rings. The number of methoxy groups -OCH3 is 1. The molecule has 0 atom stereocenters. The Hall–Kier alpha value is -1.74. The van der Waals surface area contributed by atoms with Crippen molar-refractivity contribution in [2.45, 2.75) is 6.42 Å². The van der Waals surface area contributed by atoms with Gasteiger partial charge in [-0.25, -0.2) is 0 Å². The first-order valence-electron chi connectivity index (χ1n) is 5.11. The highest BCUT2D eigenvalue weighted by Gasteiger charge is 2.24. The van der Waals surface area contributed by atoms with Crippen LogP contribution in [-0.2, 0) is 4.74 Å². The molecule has 82 valence electrons. The van der Waals surface area contributed by atoms with Gasteiger partial charge < -0.3 is 4.74 Å². The zero-order valence-corrected chi connectivity index (χ0v) is 9.03.